The van der Waals surface area contributed by atoms with Gasteiger partial charge in [0, 0.05) is 19.4 Å². The highest BCUT2D eigenvalue weighted by molar-refractivity contribution is 5.83. The van der Waals surface area contributed by atoms with Gasteiger partial charge in [0.1, 0.15) is 6.10 Å². The molecule has 3 saturated carbocycles. The maximum absolute atomic E-state index is 12.1. The first-order valence-electron chi connectivity index (χ1n) is 11.5. The Morgan fingerprint density at radius 1 is 1.14 bits per heavy atom. The molecule has 29 heavy (non-hydrogen) atoms. The summed E-state index contributed by atoms with van der Waals surface area (Å²) in [4.78, 5) is 23.5. The van der Waals surface area contributed by atoms with Crippen LogP contribution in [0.5, 0.6) is 0 Å². The molecule has 4 rings (SSSR count). The number of carbonyl (C=O) groups excluding carboxylic acids is 2. The van der Waals surface area contributed by atoms with E-state index in [4.69, 9.17) is 9.47 Å². The fourth-order valence-corrected chi connectivity index (χ4v) is 7.37. The Morgan fingerprint density at radius 2 is 1.86 bits per heavy atom. The van der Waals surface area contributed by atoms with Crippen molar-refractivity contribution in [3.05, 3.63) is 23.3 Å². The van der Waals surface area contributed by atoms with Gasteiger partial charge in [-0.15, -0.1) is 0 Å². The van der Waals surface area contributed by atoms with E-state index in [-0.39, 0.29) is 28.9 Å². The van der Waals surface area contributed by atoms with Gasteiger partial charge in [0.05, 0.1) is 6.61 Å². The Hall–Kier alpha value is -1.58. The van der Waals surface area contributed by atoms with Crippen molar-refractivity contribution in [2.75, 3.05) is 6.61 Å². The second-order valence-electron chi connectivity index (χ2n) is 10.2. The normalized spacial score (nSPS) is 42.3. The van der Waals surface area contributed by atoms with Gasteiger partial charge < -0.3 is 9.47 Å². The maximum Gasteiger partial charge on any atom is 0.330 e. The molecule has 0 N–H and O–H groups in total. The molecule has 0 aromatic heterocycles. The number of carbonyl (C=O) groups is 2. The van der Waals surface area contributed by atoms with E-state index in [9.17, 15) is 9.59 Å². The zero-order valence-electron chi connectivity index (χ0n) is 18.5. The molecule has 3 fully saturated rings. The average molecular weight is 401 g/mol. The third-order valence-electron chi connectivity index (χ3n) is 8.82. The van der Waals surface area contributed by atoms with Crippen molar-refractivity contribution in [3.8, 4) is 0 Å². The summed E-state index contributed by atoms with van der Waals surface area (Å²) in [6.07, 6.45) is 13.1. The molecule has 4 aliphatic carbocycles. The zero-order valence-corrected chi connectivity index (χ0v) is 18.5. The van der Waals surface area contributed by atoms with Gasteiger partial charge in [-0.25, -0.2) is 4.79 Å². The average Bonchev–Trinajstić information content (AvgIpc) is 2.98. The number of esters is 2. The number of hydrogen-bond donors (Lipinski definition) is 0. The van der Waals surface area contributed by atoms with Crippen molar-refractivity contribution in [2.24, 2.45) is 28.6 Å². The minimum absolute atomic E-state index is 0.0582. The van der Waals surface area contributed by atoms with Gasteiger partial charge in [0.25, 0.3) is 0 Å². The van der Waals surface area contributed by atoms with Gasteiger partial charge in [-0.3, -0.25) is 4.79 Å². The summed E-state index contributed by atoms with van der Waals surface area (Å²) in [5, 5.41) is 0. The van der Waals surface area contributed by atoms with Gasteiger partial charge in [-0.05, 0) is 80.5 Å². The monoisotopic (exact) mass is 400 g/mol. The molecule has 0 aromatic carbocycles. The minimum atomic E-state index is -0.173. The van der Waals surface area contributed by atoms with E-state index in [1.807, 2.05) is 6.92 Å². The summed E-state index contributed by atoms with van der Waals surface area (Å²) < 4.78 is 10.7. The zero-order chi connectivity index (χ0) is 20.8. The second kappa shape index (κ2) is 7.59. The Bertz CT molecular complexity index is 750. The van der Waals surface area contributed by atoms with Gasteiger partial charge in [0.2, 0.25) is 0 Å². The van der Waals surface area contributed by atoms with Gasteiger partial charge in [0.15, 0.2) is 0 Å². The molecule has 4 aliphatic rings. The van der Waals surface area contributed by atoms with Gasteiger partial charge in [-0.1, -0.05) is 31.1 Å². The smallest absolute Gasteiger partial charge is 0.330 e. The number of rotatable bonds is 3. The lowest BCUT2D eigenvalue weighted by molar-refractivity contribution is -0.148. The number of allylic oxidation sites excluding steroid dienone is 2. The number of hydrogen-bond acceptors (Lipinski definition) is 4. The van der Waals surface area contributed by atoms with Gasteiger partial charge in [-0.2, -0.15) is 0 Å². The van der Waals surface area contributed by atoms with E-state index in [2.05, 4.69) is 19.9 Å². The quantitative estimate of drug-likeness (QED) is 0.363. The lowest BCUT2D eigenvalue weighted by Crippen LogP contribution is -2.49. The third-order valence-corrected chi connectivity index (χ3v) is 8.82. The van der Waals surface area contributed by atoms with E-state index in [1.54, 1.807) is 6.08 Å². The summed E-state index contributed by atoms with van der Waals surface area (Å²) in [6, 6.07) is 0. The van der Waals surface area contributed by atoms with Crippen molar-refractivity contribution in [1.29, 1.82) is 0 Å². The lowest BCUT2D eigenvalue weighted by atomic mass is 9.48. The summed E-state index contributed by atoms with van der Waals surface area (Å²) in [5.74, 6) is 1.73. The molecule has 0 saturated heterocycles. The molecule has 0 heterocycles. The molecule has 6 unspecified atom stereocenters. The molecule has 0 aromatic rings. The van der Waals surface area contributed by atoms with E-state index < -0.39 is 0 Å². The minimum Gasteiger partial charge on any atom is -0.463 e. The van der Waals surface area contributed by atoms with E-state index in [1.165, 1.54) is 37.3 Å². The van der Waals surface area contributed by atoms with Crippen molar-refractivity contribution in [3.63, 3.8) is 0 Å². The van der Waals surface area contributed by atoms with Crippen LogP contribution >= 0.6 is 0 Å². The molecule has 0 spiro atoms. The molecule has 160 valence electrons. The van der Waals surface area contributed by atoms with Crippen LogP contribution in [-0.4, -0.2) is 24.6 Å². The number of ether oxygens (including phenoxy) is 2. The molecular formula is C25H36O4. The summed E-state index contributed by atoms with van der Waals surface area (Å²) >= 11 is 0. The van der Waals surface area contributed by atoms with Crippen LogP contribution in [0.25, 0.3) is 0 Å². The lowest BCUT2D eigenvalue weighted by Gasteiger charge is -2.57. The van der Waals surface area contributed by atoms with E-state index >= 15 is 0 Å². The highest BCUT2D eigenvalue weighted by atomic mass is 16.5. The summed E-state index contributed by atoms with van der Waals surface area (Å²) in [6.45, 7) is 8.68. The van der Waals surface area contributed by atoms with Crippen molar-refractivity contribution in [1.82, 2.24) is 0 Å². The second-order valence-corrected chi connectivity index (χ2v) is 10.2. The van der Waals surface area contributed by atoms with Crippen molar-refractivity contribution >= 4 is 11.9 Å². The third kappa shape index (κ3) is 3.47. The maximum atomic E-state index is 12.1. The predicted octanol–water partition coefficient (Wildman–Crippen LogP) is 5.37. The Labute approximate surface area is 175 Å². The van der Waals surface area contributed by atoms with Crippen LogP contribution in [0.4, 0.5) is 0 Å². The predicted molar refractivity (Wildman–Crippen MR) is 112 cm³/mol. The topological polar surface area (TPSA) is 52.6 Å². The Balaban J connectivity index is 1.56. The number of fused-ring (bicyclic) bond motifs is 5. The molecule has 4 heteroatoms. The highest BCUT2D eigenvalue weighted by Crippen LogP contribution is 2.66. The Morgan fingerprint density at radius 3 is 2.59 bits per heavy atom. The fraction of sp³-hybridized carbons (Fsp3) is 0.760. The first kappa shape index (κ1) is 20.7. The first-order chi connectivity index (χ1) is 13.8. The fourth-order valence-electron chi connectivity index (χ4n) is 7.37. The molecule has 0 radical (unpaired) electrons. The van der Waals surface area contributed by atoms with Crippen LogP contribution in [0.1, 0.15) is 79.1 Å². The summed E-state index contributed by atoms with van der Waals surface area (Å²) in [7, 11) is 0. The highest BCUT2D eigenvalue weighted by Gasteiger charge is 2.57. The van der Waals surface area contributed by atoms with Crippen LogP contribution in [0.2, 0.25) is 0 Å². The molecule has 0 amide bonds. The van der Waals surface area contributed by atoms with Crippen LogP contribution in [0, 0.1) is 28.6 Å². The standard InChI is InChI=1S/C25H36O4/c1-5-28-23(27)15-18-7-9-21-20-8-6-17-14-19(29-16(2)26)10-12-24(17,3)22(20)11-13-25(18,21)4/h6,15,19-22H,5,7-14H2,1-4H3/b18-15-. The van der Waals surface area contributed by atoms with E-state index in [0.717, 1.165) is 32.1 Å². The van der Waals surface area contributed by atoms with E-state index in [0.29, 0.717) is 24.4 Å². The molecule has 6 atom stereocenters. The SMILES string of the molecule is CCOC(=O)/C=C1/CCC2C3CC=C4CC(OC(C)=O)CCC4(C)C3CCC12C. The summed E-state index contributed by atoms with van der Waals surface area (Å²) in [5.41, 5.74) is 3.23. The molecule has 4 nitrogen and oxygen atoms in total. The van der Waals surface area contributed by atoms with Gasteiger partial charge >= 0.3 is 11.9 Å². The van der Waals surface area contributed by atoms with Crippen molar-refractivity contribution < 1.29 is 19.1 Å². The largest absolute Gasteiger partial charge is 0.463 e. The van der Waals surface area contributed by atoms with Crippen LogP contribution < -0.4 is 0 Å². The molecule has 0 bridgehead atoms. The molecular weight excluding hydrogens is 364 g/mol. The first-order valence-corrected chi connectivity index (χ1v) is 11.5. The van der Waals surface area contributed by atoms with Crippen LogP contribution in [0.3, 0.4) is 0 Å². The Kier molecular flexibility index (Phi) is 5.41. The molecule has 0 aliphatic heterocycles. The van der Waals surface area contributed by atoms with Crippen LogP contribution in [-0.2, 0) is 19.1 Å². The van der Waals surface area contributed by atoms with Crippen LogP contribution in [0.15, 0.2) is 23.3 Å². The van der Waals surface area contributed by atoms with Crippen molar-refractivity contribution in [2.45, 2.75) is 85.2 Å².